The molecule has 3 rings (SSSR count). The molecule has 1 fully saturated rings. The van der Waals surface area contributed by atoms with Gasteiger partial charge in [0, 0.05) is 12.0 Å². The summed E-state index contributed by atoms with van der Waals surface area (Å²) in [5, 5.41) is 9.50. The molecule has 0 unspecified atom stereocenters. The lowest BCUT2D eigenvalue weighted by Crippen LogP contribution is -1.76. The predicted molar refractivity (Wildman–Crippen MR) is 52.4 cm³/mol. The van der Waals surface area contributed by atoms with E-state index >= 15 is 0 Å². The van der Waals surface area contributed by atoms with Gasteiger partial charge in [0.05, 0.1) is 0 Å². The first-order valence-electron chi connectivity index (χ1n) is 4.84. The van der Waals surface area contributed by atoms with Crippen molar-refractivity contribution in [3.05, 3.63) is 23.6 Å². The summed E-state index contributed by atoms with van der Waals surface area (Å²) in [6.07, 6.45) is 2.36. The van der Waals surface area contributed by atoms with Crippen molar-refractivity contribution in [2.45, 2.75) is 25.7 Å². The minimum atomic E-state index is 0.285. The van der Waals surface area contributed by atoms with Crippen molar-refractivity contribution in [3.63, 3.8) is 0 Å². The van der Waals surface area contributed by atoms with Crippen molar-refractivity contribution in [2.75, 3.05) is 0 Å². The quantitative estimate of drug-likeness (QED) is 0.750. The minimum Gasteiger partial charge on any atom is -0.508 e. The van der Waals surface area contributed by atoms with E-state index in [0.29, 0.717) is 5.92 Å². The SMILES string of the molecule is Cc1cc2oc(C3CC3)nc2cc1O. The molecule has 2 aromatic rings. The zero-order valence-corrected chi connectivity index (χ0v) is 7.95. The third-order valence-electron chi connectivity index (χ3n) is 2.65. The molecule has 0 amide bonds. The van der Waals surface area contributed by atoms with Crippen LogP contribution >= 0.6 is 0 Å². The Labute approximate surface area is 81.4 Å². The number of aromatic hydroxyl groups is 1. The van der Waals surface area contributed by atoms with Crippen LogP contribution in [0.4, 0.5) is 0 Å². The van der Waals surface area contributed by atoms with Crippen LogP contribution in [-0.4, -0.2) is 10.1 Å². The normalized spacial score (nSPS) is 16.4. The number of fused-ring (bicyclic) bond motifs is 1. The van der Waals surface area contributed by atoms with E-state index in [4.69, 9.17) is 4.42 Å². The molecule has 1 aromatic heterocycles. The maximum Gasteiger partial charge on any atom is 0.198 e. The molecule has 3 nitrogen and oxygen atoms in total. The van der Waals surface area contributed by atoms with Crippen LogP contribution in [-0.2, 0) is 0 Å². The molecule has 1 N–H and O–H groups in total. The third kappa shape index (κ3) is 1.09. The van der Waals surface area contributed by atoms with Crippen LogP contribution in [0.1, 0.15) is 30.2 Å². The zero-order chi connectivity index (χ0) is 9.71. The highest BCUT2D eigenvalue weighted by molar-refractivity contribution is 5.76. The van der Waals surface area contributed by atoms with Crippen LogP contribution < -0.4 is 0 Å². The summed E-state index contributed by atoms with van der Waals surface area (Å²) in [6, 6.07) is 3.50. The fourth-order valence-corrected chi connectivity index (χ4v) is 1.59. The minimum absolute atomic E-state index is 0.285. The fourth-order valence-electron chi connectivity index (χ4n) is 1.59. The number of hydrogen-bond acceptors (Lipinski definition) is 3. The zero-order valence-electron chi connectivity index (χ0n) is 7.95. The maximum atomic E-state index is 9.50. The molecular weight excluding hydrogens is 178 g/mol. The lowest BCUT2D eigenvalue weighted by molar-refractivity contribution is 0.471. The van der Waals surface area contributed by atoms with Crippen molar-refractivity contribution in [1.82, 2.24) is 4.98 Å². The number of aryl methyl sites for hydroxylation is 1. The fraction of sp³-hybridized carbons (Fsp3) is 0.364. The van der Waals surface area contributed by atoms with Crippen LogP contribution in [0, 0.1) is 6.92 Å². The van der Waals surface area contributed by atoms with Gasteiger partial charge in [-0.15, -0.1) is 0 Å². The van der Waals surface area contributed by atoms with E-state index in [1.54, 1.807) is 6.07 Å². The molecule has 3 heteroatoms. The smallest absolute Gasteiger partial charge is 0.198 e. The van der Waals surface area contributed by atoms with Crippen molar-refractivity contribution >= 4 is 11.1 Å². The van der Waals surface area contributed by atoms with E-state index < -0.39 is 0 Å². The van der Waals surface area contributed by atoms with Crippen LogP contribution in [0.15, 0.2) is 16.5 Å². The first-order chi connectivity index (χ1) is 6.74. The summed E-state index contributed by atoms with van der Waals surface area (Å²) in [6.45, 7) is 1.86. The molecule has 14 heavy (non-hydrogen) atoms. The largest absolute Gasteiger partial charge is 0.508 e. The van der Waals surface area contributed by atoms with Crippen LogP contribution in [0.2, 0.25) is 0 Å². The van der Waals surface area contributed by atoms with E-state index in [0.717, 1.165) is 22.6 Å². The van der Waals surface area contributed by atoms with E-state index in [9.17, 15) is 5.11 Å². The lowest BCUT2D eigenvalue weighted by Gasteiger charge is -1.94. The molecule has 72 valence electrons. The Hall–Kier alpha value is -1.51. The molecule has 1 aliphatic carbocycles. The lowest BCUT2D eigenvalue weighted by atomic mass is 10.2. The first kappa shape index (κ1) is 7.85. The van der Waals surface area contributed by atoms with Gasteiger partial charge in [0.15, 0.2) is 11.5 Å². The third-order valence-corrected chi connectivity index (χ3v) is 2.65. The number of hydrogen-bond donors (Lipinski definition) is 1. The highest BCUT2D eigenvalue weighted by Crippen LogP contribution is 2.41. The van der Waals surface area contributed by atoms with Crippen molar-refractivity contribution in [2.24, 2.45) is 0 Å². The number of phenolic OH excluding ortho intramolecular Hbond substituents is 1. The van der Waals surface area contributed by atoms with Gasteiger partial charge in [-0.3, -0.25) is 0 Å². The molecule has 1 aliphatic rings. The van der Waals surface area contributed by atoms with Gasteiger partial charge in [-0.2, -0.15) is 0 Å². The maximum absolute atomic E-state index is 9.50. The molecule has 0 saturated heterocycles. The molecule has 1 heterocycles. The van der Waals surface area contributed by atoms with Gasteiger partial charge in [0.25, 0.3) is 0 Å². The van der Waals surface area contributed by atoms with Gasteiger partial charge in [-0.1, -0.05) is 0 Å². The average Bonchev–Trinajstić information content (AvgIpc) is 2.90. The molecule has 0 spiro atoms. The van der Waals surface area contributed by atoms with Crippen LogP contribution in [0.3, 0.4) is 0 Å². The van der Waals surface area contributed by atoms with Crippen molar-refractivity contribution < 1.29 is 9.52 Å². The van der Waals surface area contributed by atoms with Crippen molar-refractivity contribution in [3.8, 4) is 5.75 Å². The molecule has 0 radical (unpaired) electrons. The number of nitrogens with zero attached hydrogens (tertiary/aromatic N) is 1. The standard InChI is InChI=1S/C11H11NO2/c1-6-4-10-8(5-9(6)13)12-11(14-10)7-2-3-7/h4-5,7,13H,2-3H2,1H3. The molecule has 1 saturated carbocycles. The topological polar surface area (TPSA) is 46.3 Å². The van der Waals surface area contributed by atoms with Gasteiger partial charge in [0.1, 0.15) is 11.3 Å². The van der Waals surface area contributed by atoms with Gasteiger partial charge in [-0.05, 0) is 31.4 Å². The Balaban J connectivity index is 2.22. The number of aromatic nitrogens is 1. The summed E-state index contributed by atoms with van der Waals surface area (Å²) < 4.78 is 5.61. The van der Waals surface area contributed by atoms with Crippen LogP contribution in [0.5, 0.6) is 5.75 Å². The van der Waals surface area contributed by atoms with Gasteiger partial charge >= 0.3 is 0 Å². The summed E-state index contributed by atoms with van der Waals surface area (Å²) in [5.74, 6) is 1.63. The Bertz CT molecular complexity index is 458. The number of phenols is 1. The molecule has 1 aromatic carbocycles. The Morgan fingerprint density at radius 2 is 2.21 bits per heavy atom. The highest BCUT2D eigenvalue weighted by atomic mass is 16.3. The van der Waals surface area contributed by atoms with E-state index in [1.165, 1.54) is 12.8 Å². The number of benzene rings is 1. The van der Waals surface area contributed by atoms with Gasteiger partial charge in [-0.25, -0.2) is 4.98 Å². The van der Waals surface area contributed by atoms with Gasteiger partial charge in [0.2, 0.25) is 0 Å². The second-order valence-corrected chi connectivity index (χ2v) is 3.93. The molecular formula is C11H11NO2. The van der Waals surface area contributed by atoms with Crippen LogP contribution in [0.25, 0.3) is 11.1 Å². The Morgan fingerprint density at radius 1 is 1.43 bits per heavy atom. The second kappa shape index (κ2) is 2.50. The number of oxazole rings is 1. The molecule has 0 bridgehead atoms. The van der Waals surface area contributed by atoms with E-state index in [1.807, 2.05) is 13.0 Å². The highest BCUT2D eigenvalue weighted by Gasteiger charge is 2.28. The second-order valence-electron chi connectivity index (χ2n) is 3.93. The Morgan fingerprint density at radius 3 is 2.93 bits per heavy atom. The van der Waals surface area contributed by atoms with Crippen molar-refractivity contribution in [1.29, 1.82) is 0 Å². The predicted octanol–water partition coefficient (Wildman–Crippen LogP) is 2.72. The monoisotopic (exact) mass is 189 g/mol. The molecule has 0 atom stereocenters. The summed E-state index contributed by atoms with van der Waals surface area (Å²) in [5.41, 5.74) is 2.37. The summed E-state index contributed by atoms with van der Waals surface area (Å²) in [4.78, 5) is 4.35. The average molecular weight is 189 g/mol. The summed E-state index contributed by atoms with van der Waals surface area (Å²) >= 11 is 0. The number of rotatable bonds is 1. The van der Waals surface area contributed by atoms with E-state index in [2.05, 4.69) is 4.98 Å². The molecule has 0 aliphatic heterocycles. The first-order valence-corrected chi connectivity index (χ1v) is 4.84. The van der Waals surface area contributed by atoms with E-state index in [-0.39, 0.29) is 5.75 Å². The van der Waals surface area contributed by atoms with Gasteiger partial charge < -0.3 is 9.52 Å². The Kier molecular flexibility index (Phi) is 1.40. The summed E-state index contributed by atoms with van der Waals surface area (Å²) in [7, 11) is 0.